The van der Waals surface area contributed by atoms with E-state index in [0.29, 0.717) is 12.3 Å². The molecule has 0 aromatic rings. The van der Waals surface area contributed by atoms with Gasteiger partial charge in [0.25, 0.3) is 0 Å². The van der Waals surface area contributed by atoms with E-state index in [0.717, 1.165) is 13.0 Å². The summed E-state index contributed by atoms with van der Waals surface area (Å²) in [5.74, 6) is 0.785. The molecule has 1 rings (SSSR count). The van der Waals surface area contributed by atoms with Gasteiger partial charge in [-0.3, -0.25) is 4.79 Å². The number of piperidine rings is 1. The van der Waals surface area contributed by atoms with Crippen molar-refractivity contribution in [1.82, 2.24) is 5.32 Å². The highest BCUT2D eigenvalue weighted by atomic mass is 16.1. The van der Waals surface area contributed by atoms with Crippen LogP contribution in [0.2, 0.25) is 0 Å². The second-order valence-electron chi connectivity index (χ2n) is 4.41. The SMILES string of the molecule is CC(C)(C)[C@@H]1CCNC(=O)C1. The van der Waals surface area contributed by atoms with Gasteiger partial charge in [0, 0.05) is 13.0 Å². The fourth-order valence-electron chi connectivity index (χ4n) is 1.52. The van der Waals surface area contributed by atoms with Crippen molar-refractivity contribution in [2.45, 2.75) is 33.6 Å². The largest absolute Gasteiger partial charge is 0.356 e. The monoisotopic (exact) mass is 155 g/mol. The van der Waals surface area contributed by atoms with E-state index < -0.39 is 0 Å². The van der Waals surface area contributed by atoms with Gasteiger partial charge in [0.15, 0.2) is 0 Å². The van der Waals surface area contributed by atoms with Crippen molar-refractivity contribution >= 4 is 5.91 Å². The Morgan fingerprint density at radius 1 is 1.45 bits per heavy atom. The lowest BCUT2D eigenvalue weighted by molar-refractivity contribution is -0.124. The van der Waals surface area contributed by atoms with Crippen molar-refractivity contribution in [1.29, 1.82) is 0 Å². The fraction of sp³-hybridized carbons (Fsp3) is 0.889. The summed E-state index contributed by atoms with van der Waals surface area (Å²) in [7, 11) is 0. The fourth-order valence-corrected chi connectivity index (χ4v) is 1.52. The van der Waals surface area contributed by atoms with E-state index in [2.05, 4.69) is 26.1 Å². The van der Waals surface area contributed by atoms with Gasteiger partial charge in [-0.05, 0) is 17.8 Å². The van der Waals surface area contributed by atoms with E-state index in [9.17, 15) is 4.79 Å². The van der Waals surface area contributed by atoms with Crippen molar-refractivity contribution in [2.24, 2.45) is 11.3 Å². The average Bonchev–Trinajstić information content (AvgIpc) is 1.86. The molecule has 2 nitrogen and oxygen atoms in total. The van der Waals surface area contributed by atoms with Gasteiger partial charge in [-0.25, -0.2) is 0 Å². The van der Waals surface area contributed by atoms with Crippen LogP contribution in [0.25, 0.3) is 0 Å². The highest BCUT2D eigenvalue weighted by molar-refractivity contribution is 5.76. The zero-order valence-corrected chi connectivity index (χ0v) is 7.61. The molecule has 1 aliphatic heterocycles. The predicted octanol–water partition coefficient (Wildman–Crippen LogP) is 1.56. The van der Waals surface area contributed by atoms with Crippen molar-refractivity contribution in [2.75, 3.05) is 6.54 Å². The molecule has 1 aliphatic rings. The van der Waals surface area contributed by atoms with Crippen LogP contribution in [0.3, 0.4) is 0 Å². The number of amides is 1. The normalized spacial score (nSPS) is 26.5. The Bertz CT molecular complexity index is 157. The molecule has 0 aromatic heterocycles. The van der Waals surface area contributed by atoms with E-state index in [-0.39, 0.29) is 11.3 Å². The molecule has 0 spiro atoms. The smallest absolute Gasteiger partial charge is 0.220 e. The highest BCUT2D eigenvalue weighted by Crippen LogP contribution is 2.32. The Kier molecular flexibility index (Phi) is 2.21. The molecule has 1 atom stereocenters. The summed E-state index contributed by atoms with van der Waals surface area (Å²) >= 11 is 0. The number of carbonyl (C=O) groups excluding carboxylic acids is 1. The molecule has 0 saturated carbocycles. The number of rotatable bonds is 0. The van der Waals surface area contributed by atoms with Gasteiger partial charge in [-0.1, -0.05) is 20.8 Å². The molecule has 0 unspecified atom stereocenters. The standard InChI is InChI=1S/C9H17NO/c1-9(2,3)7-4-5-10-8(11)6-7/h7H,4-6H2,1-3H3,(H,10,11)/t7-/m1/s1. The van der Waals surface area contributed by atoms with E-state index in [1.807, 2.05) is 0 Å². The number of carbonyl (C=O) groups is 1. The molecule has 11 heavy (non-hydrogen) atoms. The van der Waals surface area contributed by atoms with Crippen LogP contribution in [0.4, 0.5) is 0 Å². The molecule has 1 heterocycles. The summed E-state index contributed by atoms with van der Waals surface area (Å²) in [5.41, 5.74) is 0.289. The van der Waals surface area contributed by atoms with Gasteiger partial charge < -0.3 is 5.32 Å². The lowest BCUT2D eigenvalue weighted by Crippen LogP contribution is -2.38. The Hall–Kier alpha value is -0.530. The maximum atomic E-state index is 11.0. The number of hydrogen-bond acceptors (Lipinski definition) is 1. The Balaban J connectivity index is 2.53. The molecule has 1 amide bonds. The molecule has 1 fully saturated rings. The summed E-state index contributed by atoms with van der Waals surface area (Å²) in [4.78, 5) is 11.0. The summed E-state index contributed by atoms with van der Waals surface area (Å²) in [5, 5.41) is 2.85. The van der Waals surface area contributed by atoms with Crippen molar-refractivity contribution in [3.8, 4) is 0 Å². The van der Waals surface area contributed by atoms with Crippen LogP contribution in [0.1, 0.15) is 33.6 Å². The topological polar surface area (TPSA) is 29.1 Å². The lowest BCUT2D eigenvalue weighted by Gasteiger charge is -2.33. The van der Waals surface area contributed by atoms with Gasteiger partial charge in [0.1, 0.15) is 0 Å². The molecular weight excluding hydrogens is 138 g/mol. The Morgan fingerprint density at radius 2 is 2.09 bits per heavy atom. The van der Waals surface area contributed by atoms with Crippen molar-refractivity contribution in [3.05, 3.63) is 0 Å². The molecule has 0 radical (unpaired) electrons. The minimum Gasteiger partial charge on any atom is -0.356 e. The summed E-state index contributed by atoms with van der Waals surface area (Å²) in [6.07, 6.45) is 1.85. The quantitative estimate of drug-likeness (QED) is 0.565. The van der Waals surface area contributed by atoms with Crippen LogP contribution in [0.15, 0.2) is 0 Å². The Labute approximate surface area is 68.4 Å². The molecule has 2 heteroatoms. The zero-order chi connectivity index (χ0) is 8.48. The van der Waals surface area contributed by atoms with Crippen molar-refractivity contribution < 1.29 is 4.79 Å². The van der Waals surface area contributed by atoms with Crippen LogP contribution >= 0.6 is 0 Å². The van der Waals surface area contributed by atoms with Gasteiger partial charge in [-0.15, -0.1) is 0 Å². The maximum absolute atomic E-state index is 11.0. The summed E-state index contributed by atoms with van der Waals surface area (Å²) in [6.45, 7) is 7.48. The third-order valence-electron chi connectivity index (χ3n) is 2.47. The molecule has 1 saturated heterocycles. The van der Waals surface area contributed by atoms with E-state index in [4.69, 9.17) is 0 Å². The van der Waals surface area contributed by atoms with Gasteiger partial charge >= 0.3 is 0 Å². The van der Waals surface area contributed by atoms with Crippen LogP contribution in [0, 0.1) is 11.3 Å². The maximum Gasteiger partial charge on any atom is 0.220 e. The van der Waals surface area contributed by atoms with E-state index in [1.165, 1.54) is 0 Å². The summed E-state index contributed by atoms with van der Waals surface area (Å²) < 4.78 is 0. The number of hydrogen-bond donors (Lipinski definition) is 1. The third-order valence-corrected chi connectivity index (χ3v) is 2.47. The third kappa shape index (κ3) is 2.21. The highest BCUT2D eigenvalue weighted by Gasteiger charge is 2.29. The molecule has 0 bridgehead atoms. The molecule has 1 N–H and O–H groups in total. The van der Waals surface area contributed by atoms with E-state index in [1.54, 1.807) is 0 Å². The van der Waals surface area contributed by atoms with Gasteiger partial charge in [-0.2, -0.15) is 0 Å². The molecule has 0 aliphatic carbocycles. The summed E-state index contributed by atoms with van der Waals surface area (Å²) in [6, 6.07) is 0. The van der Waals surface area contributed by atoms with Crippen LogP contribution < -0.4 is 5.32 Å². The first-order valence-electron chi connectivity index (χ1n) is 4.27. The first-order valence-corrected chi connectivity index (χ1v) is 4.27. The molecular formula is C9H17NO. The first-order chi connectivity index (χ1) is 5.00. The minimum atomic E-state index is 0.219. The molecule has 64 valence electrons. The van der Waals surface area contributed by atoms with E-state index >= 15 is 0 Å². The van der Waals surface area contributed by atoms with Crippen LogP contribution in [-0.2, 0) is 4.79 Å². The van der Waals surface area contributed by atoms with Gasteiger partial charge in [0.05, 0.1) is 0 Å². The zero-order valence-electron chi connectivity index (χ0n) is 7.61. The first kappa shape index (κ1) is 8.57. The Morgan fingerprint density at radius 3 is 2.45 bits per heavy atom. The number of nitrogens with one attached hydrogen (secondary N) is 1. The average molecular weight is 155 g/mol. The molecule has 0 aromatic carbocycles. The minimum absolute atomic E-state index is 0.219. The predicted molar refractivity (Wildman–Crippen MR) is 45.2 cm³/mol. The second-order valence-corrected chi connectivity index (χ2v) is 4.41. The second kappa shape index (κ2) is 2.84. The van der Waals surface area contributed by atoms with Crippen LogP contribution in [0.5, 0.6) is 0 Å². The lowest BCUT2D eigenvalue weighted by atomic mass is 9.75. The van der Waals surface area contributed by atoms with Gasteiger partial charge in [0.2, 0.25) is 5.91 Å². The van der Waals surface area contributed by atoms with Crippen LogP contribution in [-0.4, -0.2) is 12.5 Å². The van der Waals surface area contributed by atoms with Crippen molar-refractivity contribution in [3.63, 3.8) is 0 Å².